The number of sulfonamides is 1. The first-order chi connectivity index (χ1) is 6.38. The van der Waals surface area contributed by atoms with Crippen LogP contribution in [-0.2, 0) is 10.0 Å². The predicted molar refractivity (Wildman–Crippen MR) is 64.0 cm³/mol. The van der Waals surface area contributed by atoms with Crippen molar-refractivity contribution in [1.29, 1.82) is 0 Å². The molecular formula is C9H15NO2S2. The average molecular weight is 233 g/mol. The second-order valence-corrected chi connectivity index (χ2v) is 7.37. The molecule has 0 aliphatic carbocycles. The first kappa shape index (κ1) is 11.4. The lowest BCUT2D eigenvalue weighted by Crippen LogP contribution is -2.09. The van der Waals surface area contributed by atoms with Crippen LogP contribution in [0.25, 0.3) is 0 Å². The monoisotopic (exact) mass is 233 g/mol. The molecule has 1 rings (SSSR count). The highest BCUT2D eigenvalue weighted by atomic mass is 32.2. The lowest BCUT2D eigenvalue weighted by Gasteiger charge is -2.11. The van der Waals surface area contributed by atoms with Crippen LogP contribution in [-0.4, -0.2) is 27.2 Å². The third-order valence-corrected chi connectivity index (χ3v) is 3.58. The SMILES string of the molecule is C[SH](C)c1cccc(NS(C)(=O)=O)c1. The molecule has 5 heteroatoms. The van der Waals surface area contributed by atoms with Crippen LogP contribution < -0.4 is 4.72 Å². The van der Waals surface area contributed by atoms with E-state index in [1.807, 2.05) is 18.2 Å². The zero-order valence-electron chi connectivity index (χ0n) is 8.48. The van der Waals surface area contributed by atoms with Gasteiger partial charge < -0.3 is 0 Å². The van der Waals surface area contributed by atoms with E-state index in [0.717, 1.165) is 6.26 Å². The van der Waals surface area contributed by atoms with Gasteiger partial charge in [0, 0.05) is 5.69 Å². The van der Waals surface area contributed by atoms with Gasteiger partial charge in [0.2, 0.25) is 10.0 Å². The van der Waals surface area contributed by atoms with Gasteiger partial charge >= 0.3 is 0 Å². The van der Waals surface area contributed by atoms with Crippen molar-refractivity contribution in [3.63, 3.8) is 0 Å². The molecule has 14 heavy (non-hydrogen) atoms. The zero-order chi connectivity index (χ0) is 10.8. The lowest BCUT2D eigenvalue weighted by molar-refractivity contribution is 0.607. The molecule has 0 atom stereocenters. The lowest BCUT2D eigenvalue weighted by atomic mass is 10.3. The number of benzene rings is 1. The highest BCUT2D eigenvalue weighted by Gasteiger charge is 2.02. The fourth-order valence-corrected chi connectivity index (χ4v) is 2.40. The third-order valence-electron chi connectivity index (χ3n) is 1.67. The normalized spacial score (nSPS) is 12.4. The van der Waals surface area contributed by atoms with E-state index < -0.39 is 10.0 Å². The summed E-state index contributed by atoms with van der Waals surface area (Å²) in [6.45, 7) is 0. The van der Waals surface area contributed by atoms with E-state index in [0.29, 0.717) is 5.69 Å². The minimum absolute atomic E-state index is 0.188. The molecule has 0 saturated heterocycles. The minimum atomic E-state index is -3.16. The Morgan fingerprint density at radius 2 is 1.93 bits per heavy atom. The molecule has 1 N–H and O–H groups in total. The van der Waals surface area contributed by atoms with E-state index >= 15 is 0 Å². The Morgan fingerprint density at radius 3 is 2.43 bits per heavy atom. The van der Waals surface area contributed by atoms with Crippen molar-refractivity contribution >= 4 is 26.6 Å². The van der Waals surface area contributed by atoms with Gasteiger partial charge in [-0.15, -0.1) is 0 Å². The molecule has 3 nitrogen and oxygen atoms in total. The molecule has 80 valence electrons. The van der Waals surface area contributed by atoms with Gasteiger partial charge in [-0.3, -0.25) is 4.72 Å². The van der Waals surface area contributed by atoms with Gasteiger partial charge in [-0.25, -0.2) is 19.3 Å². The first-order valence-electron chi connectivity index (χ1n) is 4.14. The fourth-order valence-electron chi connectivity index (χ4n) is 1.06. The van der Waals surface area contributed by atoms with Gasteiger partial charge in [0.05, 0.1) is 6.26 Å². The summed E-state index contributed by atoms with van der Waals surface area (Å²) in [5.74, 6) is 0. The van der Waals surface area contributed by atoms with Gasteiger partial charge in [-0.1, -0.05) is 12.1 Å². The molecule has 0 aliphatic heterocycles. The number of rotatable bonds is 3. The van der Waals surface area contributed by atoms with E-state index in [2.05, 4.69) is 17.2 Å². The fraction of sp³-hybridized carbons (Fsp3) is 0.333. The second kappa shape index (κ2) is 4.23. The summed E-state index contributed by atoms with van der Waals surface area (Å²) in [6, 6.07) is 7.51. The topological polar surface area (TPSA) is 46.2 Å². The van der Waals surface area contributed by atoms with E-state index in [1.54, 1.807) is 6.07 Å². The van der Waals surface area contributed by atoms with Crippen LogP contribution in [0.2, 0.25) is 0 Å². The Labute approximate surface area is 87.9 Å². The molecule has 1 aromatic carbocycles. The summed E-state index contributed by atoms with van der Waals surface area (Å²) in [5, 5.41) is 0. The summed E-state index contributed by atoms with van der Waals surface area (Å²) in [4.78, 5) is 1.19. The molecule has 0 fully saturated rings. The molecule has 0 heterocycles. The van der Waals surface area contributed by atoms with Crippen molar-refractivity contribution in [1.82, 2.24) is 0 Å². The Bertz CT molecular complexity index is 413. The van der Waals surface area contributed by atoms with Crippen molar-refractivity contribution in [2.24, 2.45) is 0 Å². The van der Waals surface area contributed by atoms with Crippen LogP contribution in [0.15, 0.2) is 29.2 Å². The van der Waals surface area contributed by atoms with E-state index in [-0.39, 0.29) is 10.9 Å². The van der Waals surface area contributed by atoms with Crippen LogP contribution in [0, 0.1) is 0 Å². The smallest absolute Gasteiger partial charge is 0.229 e. The van der Waals surface area contributed by atoms with Gasteiger partial charge in [-0.2, -0.15) is 0 Å². The minimum Gasteiger partial charge on any atom is -0.284 e. The van der Waals surface area contributed by atoms with Crippen LogP contribution in [0.3, 0.4) is 0 Å². The van der Waals surface area contributed by atoms with Crippen molar-refractivity contribution in [2.75, 3.05) is 23.5 Å². The third kappa shape index (κ3) is 3.59. The van der Waals surface area contributed by atoms with Gasteiger partial charge in [0.25, 0.3) is 0 Å². The summed E-state index contributed by atoms with van der Waals surface area (Å²) in [7, 11) is -3.35. The number of anilines is 1. The number of hydrogen-bond donors (Lipinski definition) is 2. The van der Waals surface area contributed by atoms with Crippen molar-refractivity contribution in [3.05, 3.63) is 24.3 Å². The Balaban J connectivity index is 2.95. The van der Waals surface area contributed by atoms with Crippen LogP contribution in [0.1, 0.15) is 0 Å². The quantitative estimate of drug-likeness (QED) is 0.780. The number of thiol groups is 1. The zero-order valence-corrected chi connectivity index (χ0v) is 10.2. The molecule has 0 aliphatic rings. The molecule has 0 saturated carbocycles. The van der Waals surface area contributed by atoms with E-state index in [1.165, 1.54) is 4.90 Å². The van der Waals surface area contributed by atoms with Gasteiger partial charge in [0.1, 0.15) is 0 Å². The maximum Gasteiger partial charge on any atom is 0.229 e. The highest BCUT2D eigenvalue weighted by Crippen LogP contribution is 2.29. The maximum atomic E-state index is 11.0. The van der Waals surface area contributed by atoms with Crippen LogP contribution >= 0.6 is 10.9 Å². The number of nitrogens with one attached hydrogen (secondary N) is 1. The molecule has 0 spiro atoms. The van der Waals surface area contributed by atoms with Crippen molar-refractivity contribution in [3.8, 4) is 0 Å². The molecule has 1 aromatic rings. The largest absolute Gasteiger partial charge is 0.284 e. The second-order valence-electron chi connectivity index (χ2n) is 3.32. The van der Waals surface area contributed by atoms with Crippen molar-refractivity contribution in [2.45, 2.75) is 4.90 Å². The average Bonchev–Trinajstić information content (AvgIpc) is 2.01. The van der Waals surface area contributed by atoms with Crippen molar-refractivity contribution < 1.29 is 8.42 Å². The summed E-state index contributed by atoms with van der Waals surface area (Å²) in [6.07, 6.45) is 5.42. The predicted octanol–water partition coefficient (Wildman–Crippen LogP) is 1.68. The standard InChI is InChI=1S/C9H15NO2S2/c1-13(2)9-6-4-5-8(7-9)10-14(3,11)12/h4-7,10,13H,1-3H3. The van der Waals surface area contributed by atoms with Crippen LogP contribution in [0.4, 0.5) is 5.69 Å². The Hall–Kier alpha value is -0.680. The van der Waals surface area contributed by atoms with Gasteiger partial charge in [-0.05, 0) is 29.5 Å². The Morgan fingerprint density at radius 1 is 1.29 bits per heavy atom. The highest BCUT2D eigenvalue weighted by molar-refractivity contribution is 8.15. The summed E-state index contributed by atoms with van der Waals surface area (Å²) >= 11 is 0. The molecule has 0 aromatic heterocycles. The molecule has 0 radical (unpaired) electrons. The maximum absolute atomic E-state index is 11.0. The van der Waals surface area contributed by atoms with Gasteiger partial charge in [0.15, 0.2) is 0 Å². The van der Waals surface area contributed by atoms with Crippen LogP contribution in [0.5, 0.6) is 0 Å². The molecule has 0 amide bonds. The summed E-state index contributed by atoms with van der Waals surface area (Å²) in [5.41, 5.74) is 0.640. The van der Waals surface area contributed by atoms with E-state index in [9.17, 15) is 8.42 Å². The molecular weight excluding hydrogens is 218 g/mol. The first-order valence-corrected chi connectivity index (χ1v) is 8.26. The summed E-state index contributed by atoms with van der Waals surface area (Å²) < 4.78 is 24.4. The number of hydrogen-bond acceptors (Lipinski definition) is 2. The molecule has 0 unspecified atom stereocenters. The molecule has 0 bridgehead atoms. The van der Waals surface area contributed by atoms with E-state index in [4.69, 9.17) is 0 Å². The Kier molecular flexibility index (Phi) is 3.44.